The van der Waals surface area contributed by atoms with E-state index in [1.807, 2.05) is 24.3 Å². The van der Waals surface area contributed by atoms with Gasteiger partial charge in [-0.3, -0.25) is 5.32 Å². The molecule has 1 saturated heterocycles. The summed E-state index contributed by atoms with van der Waals surface area (Å²) in [5.74, 6) is -0.282. The molecule has 2 amide bonds. The van der Waals surface area contributed by atoms with Gasteiger partial charge in [-0.05, 0) is 75.6 Å². The Kier molecular flexibility index (Phi) is 9.95. The van der Waals surface area contributed by atoms with Crippen LogP contribution in [0.4, 0.5) is 22.8 Å². The van der Waals surface area contributed by atoms with Crippen molar-refractivity contribution in [2.24, 2.45) is 4.99 Å². The van der Waals surface area contributed by atoms with Crippen molar-refractivity contribution in [2.45, 2.75) is 84.0 Å². The lowest BCUT2D eigenvalue weighted by atomic mass is 9.96. The fourth-order valence-electron chi connectivity index (χ4n) is 5.05. The number of nitrogens with one attached hydrogen (secondary N) is 1. The number of hydrogen-bond acceptors (Lipinski definition) is 6. The number of alkyl halides is 3. The molecule has 0 radical (unpaired) electrons. The van der Waals surface area contributed by atoms with Crippen molar-refractivity contribution < 1.29 is 37.1 Å². The molecule has 3 aromatic rings. The Morgan fingerprint density at radius 2 is 1.77 bits per heavy atom. The minimum atomic E-state index is -4.60. The summed E-state index contributed by atoms with van der Waals surface area (Å²) < 4.78 is 53.1. The van der Waals surface area contributed by atoms with Gasteiger partial charge in [0.25, 0.3) is 0 Å². The highest BCUT2D eigenvalue weighted by atomic mass is 19.4. The van der Waals surface area contributed by atoms with Crippen molar-refractivity contribution in [2.75, 3.05) is 6.54 Å². The second-order valence-electron chi connectivity index (χ2n) is 11.6. The van der Waals surface area contributed by atoms with E-state index >= 15 is 0 Å². The zero-order valence-electron chi connectivity index (χ0n) is 25.1. The number of aryl methyl sites for hydroxylation is 3. The third-order valence-corrected chi connectivity index (χ3v) is 6.98. The van der Waals surface area contributed by atoms with Crippen LogP contribution >= 0.6 is 0 Å². The zero-order valence-corrected chi connectivity index (χ0v) is 25.1. The maximum atomic E-state index is 14.1. The lowest BCUT2D eigenvalue weighted by Crippen LogP contribution is -2.46. The molecule has 2 heterocycles. The summed E-state index contributed by atoms with van der Waals surface area (Å²) in [6, 6.07) is 11.2. The first-order valence-corrected chi connectivity index (χ1v) is 14.4. The summed E-state index contributed by atoms with van der Waals surface area (Å²) in [6.45, 7) is 7.36. The molecule has 0 spiro atoms. The van der Waals surface area contributed by atoms with Crippen LogP contribution in [0.5, 0.6) is 0 Å². The van der Waals surface area contributed by atoms with E-state index in [-0.39, 0.29) is 35.2 Å². The number of benzene rings is 2. The predicted octanol–water partition coefficient (Wildman–Crippen LogP) is 7.19. The number of ether oxygens (including phenoxy) is 1. The smallest absolute Gasteiger partial charge is 0.434 e. The summed E-state index contributed by atoms with van der Waals surface area (Å²) in [4.78, 5) is 33.1. The number of rotatable bonds is 7. The molecule has 4 rings (SSSR count). The zero-order chi connectivity index (χ0) is 32.1. The molecule has 236 valence electrons. The molecule has 0 aliphatic carbocycles. The van der Waals surface area contributed by atoms with Crippen LogP contribution in [-0.4, -0.2) is 50.4 Å². The van der Waals surface area contributed by atoms with Crippen LogP contribution in [0, 0.1) is 0 Å². The van der Waals surface area contributed by atoms with Gasteiger partial charge in [-0.15, -0.1) is 4.99 Å². The highest BCUT2D eigenvalue weighted by molar-refractivity contribution is 5.98. The largest absolute Gasteiger partial charge is 0.463 e. The Labute approximate surface area is 253 Å². The summed E-state index contributed by atoms with van der Waals surface area (Å²) in [5, 5.41) is 15.6. The number of nitrogens with zero attached hydrogens (tertiary/aromatic N) is 4. The van der Waals surface area contributed by atoms with Gasteiger partial charge in [0.1, 0.15) is 11.6 Å². The third-order valence-electron chi connectivity index (χ3n) is 6.98. The average molecular weight is 616 g/mol. The topological polar surface area (TPSA) is 130 Å². The van der Waals surface area contributed by atoms with Gasteiger partial charge < -0.3 is 19.3 Å². The molecule has 44 heavy (non-hydrogen) atoms. The Balaban J connectivity index is 1.54. The van der Waals surface area contributed by atoms with Crippen molar-refractivity contribution in [3.05, 3.63) is 70.6 Å². The van der Waals surface area contributed by atoms with E-state index in [9.17, 15) is 27.9 Å². The molecule has 0 bridgehead atoms. The fourth-order valence-corrected chi connectivity index (χ4v) is 5.05. The van der Waals surface area contributed by atoms with Gasteiger partial charge in [0, 0.05) is 12.1 Å². The quantitative estimate of drug-likeness (QED) is 0.211. The van der Waals surface area contributed by atoms with Crippen LogP contribution in [0.3, 0.4) is 0 Å². The monoisotopic (exact) mass is 615 g/mol. The first-order chi connectivity index (χ1) is 20.7. The molecule has 0 saturated carbocycles. The van der Waals surface area contributed by atoms with Crippen LogP contribution in [-0.2, 0) is 30.2 Å². The third kappa shape index (κ3) is 8.57. The molecule has 10 nitrogen and oxygen atoms in total. The number of carbonyl (C=O) groups excluding carboxylic acids is 1. The Bertz CT molecular complexity index is 1500. The van der Waals surface area contributed by atoms with Crippen molar-refractivity contribution in [1.29, 1.82) is 0 Å². The highest BCUT2D eigenvalue weighted by Crippen LogP contribution is 2.36. The van der Waals surface area contributed by atoms with Crippen LogP contribution in [0.2, 0.25) is 0 Å². The molecule has 1 aromatic heterocycles. The van der Waals surface area contributed by atoms with Crippen LogP contribution in [0.25, 0.3) is 11.4 Å². The number of guanidine groups is 1. The number of aromatic nitrogens is 2. The molecule has 1 aliphatic rings. The van der Waals surface area contributed by atoms with Gasteiger partial charge in [-0.1, -0.05) is 54.9 Å². The SMILES string of the molecule is CCCc1ccc(CCc2ccc(-c3noc([C@@H]4CCCN4/C(=N/C(=O)O)NC(=O)OC(C)(C)C)n3)cc2C(F)(F)F)cc1. The van der Waals surface area contributed by atoms with Crippen molar-refractivity contribution in [1.82, 2.24) is 20.4 Å². The van der Waals surface area contributed by atoms with Crippen LogP contribution in [0.1, 0.15) is 81.1 Å². The van der Waals surface area contributed by atoms with Crippen molar-refractivity contribution in [3.63, 3.8) is 0 Å². The normalized spacial score (nSPS) is 15.8. The Morgan fingerprint density at radius 3 is 2.39 bits per heavy atom. The van der Waals surface area contributed by atoms with Crippen LogP contribution in [0.15, 0.2) is 52.0 Å². The Morgan fingerprint density at radius 1 is 1.09 bits per heavy atom. The van der Waals surface area contributed by atoms with E-state index < -0.39 is 35.6 Å². The number of aliphatic imine (C=N–C) groups is 1. The summed E-state index contributed by atoms with van der Waals surface area (Å²) in [5.41, 5.74) is 0.820. The molecule has 2 N–H and O–H groups in total. The minimum absolute atomic E-state index is 0.0470. The Hall–Kier alpha value is -4.42. The van der Waals surface area contributed by atoms with E-state index in [4.69, 9.17) is 9.26 Å². The van der Waals surface area contributed by atoms with E-state index in [0.29, 0.717) is 25.8 Å². The number of likely N-dealkylation sites (tertiary alicyclic amines) is 1. The number of carbonyl (C=O) groups is 2. The second-order valence-corrected chi connectivity index (χ2v) is 11.6. The van der Waals surface area contributed by atoms with Gasteiger partial charge in [-0.2, -0.15) is 18.2 Å². The predicted molar refractivity (Wildman–Crippen MR) is 156 cm³/mol. The number of amides is 2. The molecule has 1 atom stereocenters. The van der Waals surface area contributed by atoms with Gasteiger partial charge in [-0.25, -0.2) is 9.59 Å². The van der Waals surface area contributed by atoms with Gasteiger partial charge in [0.05, 0.1) is 5.56 Å². The summed E-state index contributed by atoms with van der Waals surface area (Å²) >= 11 is 0. The molecular formula is C31H36F3N5O5. The van der Waals surface area contributed by atoms with Gasteiger partial charge in [0.2, 0.25) is 17.7 Å². The molecule has 2 aromatic carbocycles. The van der Waals surface area contributed by atoms with Crippen LogP contribution < -0.4 is 5.32 Å². The molecule has 0 unspecified atom stereocenters. The van der Waals surface area contributed by atoms with E-state index in [1.54, 1.807) is 20.8 Å². The average Bonchev–Trinajstić information content (AvgIpc) is 3.61. The van der Waals surface area contributed by atoms with Crippen molar-refractivity contribution >= 4 is 18.1 Å². The number of halogens is 3. The summed E-state index contributed by atoms with van der Waals surface area (Å²) in [6.07, 6.45) is -3.38. The van der Waals surface area contributed by atoms with Gasteiger partial charge >= 0.3 is 18.4 Å². The van der Waals surface area contributed by atoms with Crippen molar-refractivity contribution in [3.8, 4) is 11.4 Å². The lowest BCUT2D eigenvalue weighted by molar-refractivity contribution is -0.138. The molecule has 1 fully saturated rings. The molecule has 1 aliphatic heterocycles. The fraction of sp³-hybridized carbons (Fsp3) is 0.452. The summed E-state index contributed by atoms with van der Waals surface area (Å²) in [7, 11) is 0. The maximum Gasteiger partial charge on any atom is 0.434 e. The van der Waals surface area contributed by atoms with Gasteiger partial charge in [0.15, 0.2) is 0 Å². The van der Waals surface area contributed by atoms with E-state index in [2.05, 4.69) is 27.4 Å². The molecular weight excluding hydrogens is 579 g/mol. The molecule has 13 heteroatoms. The highest BCUT2D eigenvalue weighted by Gasteiger charge is 2.36. The first kappa shape index (κ1) is 32.5. The number of alkyl carbamates (subject to hydrolysis) is 1. The van der Waals surface area contributed by atoms with E-state index in [1.165, 1.54) is 22.6 Å². The first-order valence-electron chi connectivity index (χ1n) is 14.4. The number of hydrogen-bond donors (Lipinski definition) is 2. The maximum absolute atomic E-state index is 14.1. The second kappa shape index (κ2) is 13.5. The number of carboxylic acid groups (broad SMARTS) is 1. The minimum Gasteiger partial charge on any atom is -0.463 e. The lowest BCUT2D eigenvalue weighted by Gasteiger charge is -2.26. The standard InChI is InChI=1S/C31H36F3N5O5/c1-5-7-19-9-11-20(12-10-19)13-14-21-15-16-22(18-23(21)31(32,33)34)25-35-26(44-38-25)24-8-6-17-39(24)27(36-28(40)41)37-29(42)43-30(2,3)4/h9-12,15-16,18,24H,5-8,13-14,17H2,1-4H3,(H,40,41)(H,36,37,42)/t24-/m0/s1. The van der Waals surface area contributed by atoms with E-state index in [0.717, 1.165) is 24.5 Å².